The van der Waals surface area contributed by atoms with Crippen LogP contribution in [0.3, 0.4) is 0 Å². The summed E-state index contributed by atoms with van der Waals surface area (Å²) >= 11 is 1.73. The summed E-state index contributed by atoms with van der Waals surface area (Å²) in [6.45, 7) is 7.39. The van der Waals surface area contributed by atoms with Crippen LogP contribution in [0.5, 0.6) is 0 Å². The van der Waals surface area contributed by atoms with E-state index in [-0.39, 0.29) is 5.50 Å². The maximum atomic E-state index is 5.55. The molecule has 1 N–H and O–H groups in total. The molecule has 1 aromatic heterocycles. The second-order valence-corrected chi connectivity index (χ2v) is 7.55. The number of allylic oxidation sites excluding steroid dienone is 1. The number of aromatic nitrogens is 2. The zero-order valence-electron chi connectivity index (χ0n) is 15.1. The fourth-order valence-corrected chi connectivity index (χ4v) is 4.22. The molecule has 0 bridgehead atoms. The zero-order chi connectivity index (χ0) is 17.9. The summed E-state index contributed by atoms with van der Waals surface area (Å²) in [5.74, 6) is 2.07. The van der Waals surface area contributed by atoms with Gasteiger partial charge in [0, 0.05) is 41.5 Å². The fourth-order valence-electron chi connectivity index (χ4n) is 3.22. The van der Waals surface area contributed by atoms with Crippen LogP contribution in [0.2, 0.25) is 0 Å². The van der Waals surface area contributed by atoms with Crippen molar-refractivity contribution in [3.8, 4) is 0 Å². The first-order valence-corrected chi connectivity index (χ1v) is 9.70. The Morgan fingerprint density at radius 1 is 1.15 bits per heavy atom. The van der Waals surface area contributed by atoms with Crippen molar-refractivity contribution in [2.45, 2.75) is 24.2 Å². The summed E-state index contributed by atoms with van der Waals surface area (Å²) in [5.41, 5.74) is 2.09. The third-order valence-electron chi connectivity index (χ3n) is 4.43. The third kappa shape index (κ3) is 3.50. The van der Waals surface area contributed by atoms with Gasteiger partial charge >= 0.3 is 0 Å². The number of thioether (sulfide) groups is 1. The van der Waals surface area contributed by atoms with E-state index in [1.54, 1.807) is 11.8 Å². The number of hydrogen-bond acceptors (Lipinski definition) is 6. The second-order valence-electron chi connectivity index (χ2n) is 6.42. The van der Waals surface area contributed by atoms with E-state index in [4.69, 9.17) is 9.73 Å². The normalized spacial score (nSPS) is 20.8. The minimum atomic E-state index is -0.0957. The maximum Gasteiger partial charge on any atom is 0.179 e. The molecule has 6 nitrogen and oxygen atoms in total. The summed E-state index contributed by atoms with van der Waals surface area (Å²) < 4.78 is 5.55. The number of aryl methyl sites for hydroxylation is 1. The zero-order valence-corrected chi connectivity index (χ0v) is 15.9. The highest BCUT2D eigenvalue weighted by Gasteiger charge is 2.32. The largest absolute Gasteiger partial charge is 0.378 e. The topological polar surface area (TPSA) is 56.8 Å². The number of nitrogens with one attached hydrogen (secondary N) is 1. The maximum absolute atomic E-state index is 5.55. The number of aromatic amines is 1. The predicted molar refractivity (Wildman–Crippen MR) is 105 cm³/mol. The van der Waals surface area contributed by atoms with E-state index in [2.05, 4.69) is 57.3 Å². The van der Waals surface area contributed by atoms with Gasteiger partial charge in [-0.3, -0.25) is 15.0 Å². The number of hydrogen-bond donors (Lipinski definition) is 1. The molecule has 2 aromatic rings. The molecule has 0 saturated carbocycles. The Hall–Kier alpha value is -2.25. The van der Waals surface area contributed by atoms with Crippen LogP contribution in [0.4, 0.5) is 5.82 Å². The van der Waals surface area contributed by atoms with Crippen molar-refractivity contribution in [1.82, 2.24) is 15.1 Å². The molecule has 1 fully saturated rings. The number of anilines is 1. The number of rotatable bonds is 4. The molecule has 1 aromatic carbocycles. The minimum absolute atomic E-state index is 0.0957. The van der Waals surface area contributed by atoms with Crippen LogP contribution in [-0.2, 0) is 4.74 Å². The van der Waals surface area contributed by atoms with Crippen LogP contribution < -0.4 is 4.90 Å². The second kappa shape index (κ2) is 7.55. The summed E-state index contributed by atoms with van der Waals surface area (Å²) in [6, 6.07) is 12.5. The first-order valence-electron chi connectivity index (χ1n) is 8.82. The van der Waals surface area contributed by atoms with Crippen molar-refractivity contribution in [3.63, 3.8) is 0 Å². The van der Waals surface area contributed by atoms with Crippen LogP contribution >= 0.6 is 11.8 Å². The van der Waals surface area contributed by atoms with Gasteiger partial charge in [-0.25, -0.2) is 0 Å². The molecule has 4 rings (SSSR count). The molecule has 1 saturated heterocycles. The van der Waals surface area contributed by atoms with Crippen LogP contribution in [-0.4, -0.2) is 53.1 Å². The Bertz CT molecular complexity index is 810. The van der Waals surface area contributed by atoms with Crippen LogP contribution in [0.25, 0.3) is 0 Å². The number of morpholine rings is 1. The van der Waals surface area contributed by atoms with E-state index < -0.39 is 0 Å². The average molecular weight is 369 g/mol. The van der Waals surface area contributed by atoms with Crippen LogP contribution in [0, 0.1) is 6.92 Å². The molecule has 0 radical (unpaired) electrons. The molecule has 26 heavy (non-hydrogen) atoms. The Kier molecular flexibility index (Phi) is 4.99. The molecule has 2 aliphatic rings. The van der Waals surface area contributed by atoms with E-state index in [1.807, 2.05) is 19.2 Å². The van der Waals surface area contributed by atoms with Crippen molar-refractivity contribution >= 4 is 23.8 Å². The van der Waals surface area contributed by atoms with E-state index in [1.165, 1.54) is 10.7 Å². The van der Waals surface area contributed by atoms with Gasteiger partial charge in [0.25, 0.3) is 0 Å². The fraction of sp³-hybridized carbons (Fsp3) is 0.368. The lowest BCUT2D eigenvalue weighted by Crippen LogP contribution is -2.47. The van der Waals surface area contributed by atoms with Crippen molar-refractivity contribution < 1.29 is 4.74 Å². The van der Waals surface area contributed by atoms with E-state index >= 15 is 0 Å². The molecule has 1 atom stereocenters. The quantitative estimate of drug-likeness (QED) is 0.897. The van der Waals surface area contributed by atoms with E-state index in [0.29, 0.717) is 0 Å². The van der Waals surface area contributed by atoms with Gasteiger partial charge < -0.3 is 9.64 Å². The van der Waals surface area contributed by atoms with Crippen molar-refractivity contribution in [3.05, 3.63) is 53.5 Å². The Balaban J connectivity index is 1.71. The van der Waals surface area contributed by atoms with Gasteiger partial charge in [0.2, 0.25) is 0 Å². The highest BCUT2D eigenvalue weighted by molar-refractivity contribution is 8.00. The van der Waals surface area contributed by atoms with Gasteiger partial charge in [0.15, 0.2) is 11.3 Å². The van der Waals surface area contributed by atoms with Gasteiger partial charge in [0.1, 0.15) is 5.82 Å². The van der Waals surface area contributed by atoms with Crippen molar-refractivity contribution in [1.29, 1.82) is 0 Å². The Morgan fingerprint density at radius 3 is 2.62 bits per heavy atom. The number of H-pyrrole nitrogens is 1. The summed E-state index contributed by atoms with van der Waals surface area (Å²) in [4.78, 5) is 10.6. The summed E-state index contributed by atoms with van der Waals surface area (Å²) in [6.07, 6.45) is 1.99. The third-order valence-corrected chi connectivity index (χ3v) is 5.52. The van der Waals surface area contributed by atoms with Crippen LogP contribution in [0.1, 0.15) is 12.6 Å². The Morgan fingerprint density at radius 2 is 1.92 bits per heavy atom. The number of ether oxygens (including phenoxy) is 1. The van der Waals surface area contributed by atoms with E-state index in [0.717, 1.165) is 43.4 Å². The number of nitrogens with zero attached hydrogens (tertiary/aromatic N) is 4. The molecular formula is C19H23N5OS. The molecule has 0 aliphatic carbocycles. The lowest BCUT2D eigenvalue weighted by Gasteiger charge is -2.41. The summed E-state index contributed by atoms with van der Waals surface area (Å²) in [5, 5.41) is 7.60. The van der Waals surface area contributed by atoms with E-state index in [9.17, 15) is 0 Å². The van der Waals surface area contributed by atoms with Gasteiger partial charge in [-0.1, -0.05) is 30.0 Å². The molecule has 1 unspecified atom stereocenters. The van der Waals surface area contributed by atoms with Gasteiger partial charge in [-0.15, -0.1) is 0 Å². The number of aliphatic imine (C=N–C) groups is 1. The highest BCUT2D eigenvalue weighted by atomic mass is 32.2. The van der Waals surface area contributed by atoms with Gasteiger partial charge in [-0.2, -0.15) is 5.10 Å². The molecule has 0 spiro atoms. The average Bonchev–Trinajstić information content (AvgIpc) is 3.10. The molecule has 3 heterocycles. The molecule has 0 amide bonds. The minimum Gasteiger partial charge on any atom is -0.378 e. The first-order chi connectivity index (χ1) is 12.7. The highest BCUT2D eigenvalue weighted by Crippen LogP contribution is 2.36. The SMILES string of the molecule is CC1=C(N2CCOCC2)N(c2cc(C)[nH]n2)C(Sc2ccccc2)N=C1. The monoisotopic (exact) mass is 369 g/mol. The summed E-state index contributed by atoms with van der Waals surface area (Å²) in [7, 11) is 0. The van der Waals surface area contributed by atoms with Crippen LogP contribution in [0.15, 0.2) is 57.7 Å². The van der Waals surface area contributed by atoms with Gasteiger partial charge in [-0.05, 0) is 26.0 Å². The van der Waals surface area contributed by atoms with Crippen molar-refractivity contribution in [2.75, 3.05) is 31.2 Å². The molecule has 7 heteroatoms. The first kappa shape index (κ1) is 17.2. The lowest BCUT2D eigenvalue weighted by molar-refractivity contribution is 0.0518. The predicted octanol–water partition coefficient (Wildman–Crippen LogP) is 3.25. The number of benzene rings is 1. The smallest absolute Gasteiger partial charge is 0.179 e. The van der Waals surface area contributed by atoms with Crippen molar-refractivity contribution in [2.24, 2.45) is 4.99 Å². The molecule has 2 aliphatic heterocycles. The molecular weight excluding hydrogens is 346 g/mol. The lowest BCUT2D eigenvalue weighted by atomic mass is 10.2. The Labute approximate surface area is 157 Å². The van der Waals surface area contributed by atoms with Gasteiger partial charge in [0.05, 0.1) is 13.2 Å². The standard InChI is InChI=1S/C19H23N5OS/c1-14-13-20-19(26-16-6-4-3-5-7-16)24(17-12-15(2)21-22-17)18(14)23-8-10-25-11-9-23/h3-7,12-13,19H,8-11H2,1-2H3,(H,21,22). The molecule has 136 valence electrons.